The summed E-state index contributed by atoms with van der Waals surface area (Å²) in [4.78, 5) is 23.0. The average Bonchev–Trinajstić information content (AvgIpc) is 3.28. The number of carbonyl (C=O) groups excluding carboxylic acids is 1. The van der Waals surface area contributed by atoms with Crippen molar-refractivity contribution in [2.45, 2.75) is 56.4 Å². The topological polar surface area (TPSA) is 84.1 Å². The van der Waals surface area contributed by atoms with E-state index in [4.69, 9.17) is 10.7 Å². The number of rotatable bonds is 6. The van der Waals surface area contributed by atoms with Gasteiger partial charge in [-0.15, -0.1) is 0 Å². The SMILES string of the molecule is NC1CC(c2cc(NCCN3CCCC3=O)nc(C3CC3)n2)C1. The van der Waals surface area contributed by atoms with Crippen LogP contribution in [0, 0.1) is 0 Å². The molecule has 2 aliphatic carbocycles. The van der Waals surface area contributed by atoms with E-state index in [1.807, 2.05) is 4.90 Å². The Labute approximate surface area is 136 Å². The summed E-state index contributed by atoms with van der Waals surface area (Å²) >= 11 is 0. The van der Waals surface area contributed by atoms with Gasteiger partial charge in [-0.1, -0.05) is 0 Å². The van der Waals surface area contributed by atoms with E-state index < -0.39 is 0 Å². The van der Waals surface area contributed by atoms with Gasteiger partial charge in [-0.25, -0.2) is 9.97 Å². The van der Waals surface area contributed by atoms with Crippen molar-refractivity contribution in [3.63, 3.8) is 0 Å². The van der Waals surface area contributed by atoms with E-state index in [2.05, 4.69) is 16.4 Å². The van der Waals surface area contributed by atoms with Gasteiger partial charge in [0.25, 0.3) is 0 Å². The molecule has 6 heteroatoms. The molecule has 6 nitrogen and oxygen atoms in total. The summed E-state index contributed by atoms with van der Waals surface area (Å²) in [5, 5.41) is 3.39. The molecule has 0 unspecified atom stereocenters. The Bertz CT molecular complexity index is 595. The van der Waals surface area contributed by atoms with E-state index in [0.29, 0.717) is 24.3 Å². The van der Waals surface area contributed by atoms with Crippen molar-refractivity contribution in [3.05, 3.63) is 17.6 Å². The Kier molecular flexibility index (Phi) is 3.93. The molecule has 1 aromatic rings. The summed E-state index contributed by atoms with van der Waals surface area (Å²) < 4.78 is 0. The standard InChI is InChI=1S/C17H25N5O/c18-13-8-12(9-13)14-10-15(21-17(20-14)11-3-4-11)19-5-7-22-6-1-2-16(22)23/h10-13H,1-9,18H2,(H,19,20,21). The van der Waals surface area contributed by atoms with Crippen LogP contribution in [0.25, 0.3) is 0 Å². The number of carbonyl (C=O) groups is 1. The monoisotopic (exact) mass is 315 g/mol. The van der Waals surface area contributed by atoms with Crippen LogP contribution < -0.4 is 11.1 Å². The van der Waals surface area contributed by atoms with Crippen LogP contribution >= 0.6 is 0 Å². The van der Waals surface area contributed by atoms with Crippen molar-refractivity contribution in [2.24, 2.45) is 5.73 Å². The number of nitrogens with one attached hydrogen (secondary N) is 1. The molecule has 0 aromatic carbocycles. The van der Waals surface area contributed by atoms with E-state index in [-0.39, 0.29) is 5.91 Å². The van der Waals surface area contributed by atoms with Crippen LogP contribution in [0.15, 0.2) is 6.07 Å². The molecule has 23 heavy (non-hydrogen) atoms. The first kappa shape index (κ1) is 14.9. The Morgan fingerprint density at radius 2 is 2.09 bits per heavy atom. The maximum atomic E-state index is 11.6. The van der Waals surface area contributed by atoms with Gasteiger partial charge >= 0.3 is 0 Å². The molecular formula is C17H25N5O. The van der Waals surface area contributed by atoms with Gasteiger partial charge in [-0.3, -0.25) is 4.79 Å². The van der Waals surface area contributed by atoms with Gasteiger partial charge in [-0.2, -0.15) is 0 Å². The van der Waals surface area contributed by atoms with Crippen molar-refractivity contribution in [1.82, 2.24) is 14.9 Å². The highest BCUT2D eigenvalue weighted by Crippen LogP contribution is 2.41. The first-order valence-electron chi connectivity index (χ1n) is 8.85. The van der Waals surface area contributed by atoms with Crippen LogP contribution in [0.2, 0.25) is 0 Å². The molecule has 1 saturated heterocycles. The maximum absolute atomic E-state index is 11.6. The molecule has 2 heterocycles. The predicted molar refractivity (Wildman–Crippen MR) is 88.3 cm³/mol. The number of likely N-dealkylation sites (tertiary alicyclic amines) is 1. The fraction of sp³-hybridized carbons (Fsp3) is 0.706. The molecule has 4 rings (SSSR count). The number of nitrogens with two attached hydrogens (primary N) is 1. The normalized spacial score (nSPS) is 27.2. The minimum atomic E-state index is 0.275. The number of hydrogen-bond acceptors (Lipinski definition) is 5. The molecule has 0 atom stereocenters. The lowest BCUT2D eigenvalue weighted by Crippen LogP contribution is -2.35. The van der Waals surface area contributed by atoms with Crippen LogP contribution in [0.3, 0.4) is 0 Å². The van der Waals surface area contributed by atoms with E-state index in [1.165, 1.54) is 12.8 Å². The third-order valence-corrected chi connectivity index (χ3v) is 5.16. The molecule has 3 N–H and O–H groups in total. The van der Waals surface area contributed by atoms with Gasteiger partial charge in [-0.05, 0) is 32.1 Å². The number of aromatic nitrogens is 2. The van der Waals surface area contributed by atoms with E-state index >= 15 is 0 Å². The first-order chi connectivity index (χ1) is 11.2. The molecule has 0 bridgehead atoms. The van der Waals surface area contributed by atoms with Crippen molar-refractivity contribution < 1.29 is 4.79 Å². The zero-order chi connectivity index (χ0) is 15.8. The average molecular weight is 315 g/mol. The molecule has 3 fully saturated rings. The molecule has 0 radical (unpaired) electrons. The largest absolute Gasteiger partial charge is 0.368 e. The molecule has 2 saturated carbocycles. The summed E-state index contributed by atoms with van der Waals surface area (Å²) in [7, 11) is 0. The Morgan fingerprint density at radius 3 is 2.74 bits per heavy atom. The lowest BCUT2D eigenvalue weighted by Gasteiger charge is -2.32. The minimum Gasteiger partial charge on any atom is -0.368 e. The van der Waals surface area contributed by atoms with E-state index in [1.54, 1.807) is 0 Å². The second-order valence-corrected chi connectivity index (χ2v) is 7.15. The fourth-order valence-corrected chi connectivity index (χ4v) is 3.47. The van der Waals surface area contributed by atoms with E-state index in [9.17, 15) is 4.79 Å². The molecule has 124 valence electrons. The van der Waals surface area contributed by atoms with Crippen LogP contribution in [0.5, 0.6) is 0 Å². The highest BCUT2D eigenvalue weighted by Gasteiger charge is 2.32. The fourth-order valence-electron chi connectivity index (χ4n) is 3.47. The number of hydrogen-bond donors (Lipinski definition) is 2. The van der Waals surface area contributed by atoms with Gasteiger partial charge in [0.2, 0.25) is 5.91 Å². The van der Waals surface area contributed by atoms with Crippen molar-refractivity contribution in [2.75, 3.05) is 25.0 Å². The minimum absolute atomic E-state index is 0.275. The molecule has 1 aromatic heterocycles. The van der Waals surface area contributed by atoms with E-state index in [0.717, 1.165) is 56.2 Å². The third kappa shape index (κ3) is 3.32. The zero-order valence-electron chi connectivity index (χ0n) is 13.5. The van der Waals surface area contributed by atoms with Gasteiger partial charge in [0.1, 0.15) is 11.6 Å². The molecule has 0 spiro atoms. The maximum Gasteiger partial charge on any atom is 0.222 e. The van der Waals surface area contributed by atoms with Gasteiger partial charge < -0.3 is 16.0 Å². The summed E-state index contributed by atoms with van der Waals surface area (Å²) in [5.74, 6) is 3.21. The smallest absolute Gasteiger partial charge is 0.222 e. The molecule has 1 amide bonds. The van der Waals surface area contributed by atoms with Crippen LogP contribution in [-0.4, -0.2) is 46.5 Å². The molecule has 3 aliphatic rings. The van der Waals surface area contributed by atoms with Gasteiger partial charge in [0.15, 0.2) is 0 Å². The van der Waals surface area contributed by atoms with Crippen molar-refractivity contribution in [1.29, 1.82) is 0 Å². The lowest BCUT2D eigenvalue weighted by atomic mass is 9.78. The number of nitrogens with zero attached hydrogens (tertiary/aromatic N) is 3. The molecule has 1 aliphatic heterocycles. The van der Waals surface area contributed by atoms with Crippen LogP contribution in [0.4, 0.5) is 5.82 Å². The van der Waals surface area contributed by atoms with Crippen molar-refractivity contribution >= 4 is 11.7 Å². The van der Waals surface area contributed by atoms with Crippen LogP contribution in [-0.2, 0) is 4.79 Å². The third-order valence-electron chi connectivity index (χ3n) is 5.16. The first-order valence-corrected chi connectivity index (χ1v) is 8.85. The quantitative estimate of drug-likeness (QED) is 0.833. The summed E-state index contributed by atoms with van der Waals surface area (Å²) in [5.41, 5.74) is 7.06. The Hall–Kier alpha value is -1.69. The second kappa shape index (κ2) is 6.07. The Balaban J connectivity index is 1.41. The van der Waals surface area contributed by atoms with Crippen LogP contribution in [0.1, 0.15) is 61.9 Å². The van der Waals surface area contributed by atoms with Gasteiger partial charge in [0.05, 0.1) is 0 Å². The molecular weight excluding hydrogens is 290 g/mol. The Morgan fingerprint density at radius 1 is 1.26 bits per heavy atom. The summed E-state index contributed by atoms with van der Waals surface area (Å²) in [6.45, 7) is 2.39. The predicted octanol–water partition coefficient (Wildman–Crippen LogP) is 1.59. The highest BCUT2D eigenvalue weighted by atomic mass is 16.2. The van der Waals surface area contributed by atoms with Crippen molar-refractivity contribution in [3.8, 4) is 0 Å². The summed E-state index contributed by atoms with van der Waals surface area (Å²) in [6, 6.07) is 2.41. The second-order valence-electron chi connectivity index (χ2n) is 7.15. The number of anilines is 1. The van der Waals surface area contributed by atoms with Gasteiger partial charge in [0, 0.05) is 55.7 Å². The summed E-state index contributed by atoms with van der Waals surface area (Å²) in [6.07, 6.45) is 6.16. The number of amides is 1. The lowest BCUT2D eigenvalue weighted by molar-refractivity contribution is -0.127. The zero-order valence-corrected chi connectivity index (χ0v) is 13.5. The highest BCUT2D eigenvalue weighted by molar-refractivity contribution is 5.78.